The summed E-state index contributed by atoms with van der Waals surface area (Å²) >= 11 is 5.33. The van der Waals surface area contributed by atoms with Crippen LogP contribution in [0.15, 0.2) is 33.9 Å². The Kier molecular flexibility index (Phi) is 2.83. The van der Waals surface area contributed by atoms with E-state index >= 15 is 0 Å². The van der Waals surface area contributed by atoms with Crippen molar-refractivity contribution in [1.29, 1.82) is 0 Å². The minimum Gasteiger partial charge on any atom is -0.143 e. The lowest BCUT2D eigenvalue weighted by Crippen LogP contribution is -1.73. The highest BCUT2D eigenvalue weighted by atomic mass is 79.9. The van der Waals surface area contributed by atoms with Crippen LogP contribution in [-0.4, -0.2) is 0 Å². The van der Waals surface area contributed by atoms with E-state index in [1.807, 2.05) is 0 Å². The Morgan fingerprint density at radius 1 is 1.31 bits per heavy atom. The van der Waals surface area contributed by atoms with E-state index in [0.29, 0.717) is 0 Å². The van der Waals surface area contributed by atoms with Crippen LogP contribution >= 0.6 is 35.5 Å². The zero-order chi connectivity index (χ0) is 9.26. The van der Waals surface area contributed by atoms with Crippen molar-refractivity contribution in [3.05, 3.63) is 39.4 Å². The SMILES string of the molecule is Cc1ccc(Br)pc1-c1cccs1. The van der Waals surface area contributed by atoms with E-state index < -0.39 is 0 Å². The number of thiophene rings is 1. The van der Waals surface area contributed by atoms with Gasteiger partial charge in [-0.1, -0.05) is 20.3 Å². The molecule has 66 valence electrons. The summed E-state index contributed by atoms with van der Waals surface area (Å²) in [6.07, 6.45) is 0. The van der Waals surface area contributed by atoms with Crippen molar-refractivity contribution in [3.63, 3.8) is 0 Å². The van der Waals surface area contributed by atoms with Crippen LogP contribution in [0.25, 0.3) is 10.2 Å². The van der Waals surface area contributed by atoms with Crippen molar-refractivity contribution in [2.24, 2.45) is 0 Å². The maximum absolute atomic E-state index is 3.53. The van der Waals surface area contributed by atoms with E-state index in [2.05, 4.69) is 52.5 Å². The Morgan fingerprint density at radius 2 is 2.15 bits per heavy atom. The summed E-state index contributed by atoms with van der Waals surface area (Å²) in [7, 11) is 1.28. The highest BCUT2D eigenvalue weighted by molar-refractivity contribution is 9.11. The molecule has 0 amide bonds. The number of hydrogen-bond acceptors (Lipinski definition) is 1. The molecule has 0 radical (unpaired) electrons. The molecule has 0 bridgehead atoms. The molecule has 0 unspecified atom stereocenters. The van der Waals surface area contributed by atoms with E-state index in [1.165, 1.54) is 28.1 Å². The first-order chi connectivity index (χ1) is 6.27. The quantitative estimate of drug-likeness (QED) is 0.679. The van der Waals surface area contributed by atoms with Crippen molar-refractivity contribution in [1.82, 2.24) is 0 Å². The van der Waals surface area contributed by atoms with E-state index in [-0.39, 0.29) is 0 Å². The van der Waals surface area contributed by atoms with Gasteiger partial charge in [-0.2, -0.15) is 0 Å². The lowest BCUT2D eigenvalue weighted by molar-refractivity contribution is 1.52. The second kappa shape index (κ2) is 3.91. The molecule has 13 heavy (non-hydrogen) atoms. The molecule has 2 aromatic rings. The first kappa shape index (κ1) is 9.39. The highest BCUT2D eigenvalue weighted by Gasteiger charge is 2.03. The Balaban J connectivity index is 2.57. The Morgan fingerprint density at radius 3 is 2.85 bits per heavy atom. The van der Waals surface area contributed by atoms with Crippen molar-refractivity contribution >= 4 is 35.5 Å². The van der Waals surface area contributed by atoms with E-state index in [4.69, 9.17) is 0 Å². The predicted molar refractivity (Wildman–Crippen MR) is 64.7 cm³/mol. The molecule has 0 aromatic carbocycles. The molecule has 0 aliphatic rings. The molecule has 0 saturated heterocycles. The monoisotopic (exact) mass is 270 g/mol. The fraction of sp³-hybridized carbons (Fsp3) is 0.100. The Labute approximate surface area is 91.9 Å². The molecule has 0 nitrogen and oxygen atoms in total. The summed E-state index contributed by atoms with van der Waals surface area (Å²) in [5.41, 5.74) is 1.37. The standard InChI is InChI=1S/C10H8BrPS/c1-7-4-5-9(11)12-10(7)8-3-2-6-13-8/h2-6H,1H3. The van der Waals surface area contributed by atoms with Crippen LogP contribution in [-0.2, 0) is 0 Å². The van der Waals surface area contributed by atoms with Gasteiger partial charge in [-0.25, -0.2) is 0 Å². The molecule has 2 aromatic heterocycles. The molecular formula is C10H8BrPS. The minimum atomic E-state index is 1.24. The first-order valence-corrected chi connectivity index (χ1v) is 6.51. The van der Waals surface area contributed by atoms with Gasteiger partial charge in [0.2, 0.25) is 0 Å². The van der Waals surface area contributed by atoms with Gasteiger partial charge in [-0.3, -0.25) is 0 Å². The van der Waals surface area contributed by atoms with Crippen LogP contribution in [0.3, 0.4) is 0 Å². The first-order valence-electron chi connectivity index (χ1n) is 3.94. The molecule has 2 rings (SSSR count). The zero-order valence-corrected chi connectivity index (χ0v) is 10.4. The third-order valence-corrected chi connectivity index (χ3v) is 4.83. The van der Waals surface area contributed by atoms with Gasteiger partial charge in [0.15, 0.2) is 0 Å². The number of halogens is 1. The lowest BCUT2D eigenvalue weighted by Gasteiger charge is -2.02. The number of rotatable bonds is 1. The van der Waals surface area contributed by atoms with Crippen molar-refractivity contribution in [2.75, 3.05) is 0 Å². The van der Waals surface area contributed by atoms with Crippen LogP contribution in [0.5, 0.6) is 0 Å². The zero-order valence-electron chi connectivity index (χ0n) is 7.12. The second-order valence-corrected chi connectivity index (χ2v) is 6.34. The Bertz CT molecular complexity index is 409. The largest absolute Gasteiger partial charge is 0.143 e. The molecule has 0 atom stereocenters. The molecule has 0 spiro atoms. The number of aryl methyl sites for hydroxylation is 1. The summed E-state index contributed by atoms with van der Waals surface area (Å²) in [5.74, 6) is 0. The van der Waals surface area contributed by atoms with Crippen LogP contribution in [0, 0.1) is 6.92 Å². The molecule has 0 saturated carbocycles. The van der Waals surface area contributed by atoms with E-state index in [0.717, 1.165) is 0 Å². The van der Waals surface area contributed by atoms with Crippen LogP contribution in [0.2, 0.25) is 0 Å². The van der Waals surface area contributed by atoms with Gasteiger partial charge in [-0.05, 0) is 45.9 Å². The van der Waals surface area contributed by atoms with Gasteiger partial charge in [0, 0.05) is 14.4 Å². The average Bonchev–Trinajstić information content (AvgIpc) is 2.61. The smallest absolute Gasteiger partial charge is 0.0454 e. The summed E-state index contributed by atoms with van der Waals surface area (Å²) < 4.78 is 1.24. The fourth-order valence-electron chi connectivity index (χ4n) is 1.17. The van der Waals surface area contributed by atoms with Gasteiger partial charge in [0.25, 0.3) is 0 Å². The topological polar surface area (TPSA) is 0 Å². The van der Waals surface area contributed by atoms with Crippen LogP contribution in [0.4, 0.5) is 0 Å². The van der Waals surface area contributed by atoms with Gasteiger partial charge >= 0.3 is 0 Å². The van der Waals surface area contributed by atoms with E-state index in [9.17, 15) is 0 Å². The van der Waals surface area contributed by atoms with Gasteiger partial charge in [0.1, 0.15) is 0 Å². The summed E-state index contributed by atoms with van der Waals surface area (Å²) in [6, 6.07) is 8.56. The lowest BCUT2D eigenvalue weighted by atomic mass is 10.2. The molecule has 0 aliphatic carbocycles. The van der Waals surface area contributed by atoms with Crippen LogP contribution in [0.1, 0.15) is 5.56 Å². The summed E-state index contributed by atoms with van der Waals surface area (Å²) in [5, 5.41) is 3.54. The van der Waals surface area contributed by atoms with Gasteiger partial charge in [-0.15, -0.1) is 11.3 Å². The number of hydrogen-bond donors (Lipinski definition) is 0. The molecule has 0 fully saturated rings. The van der Waals surface area contributed by atoms with Crippen LogP contribution < -0.4 is 0 Å². The van der Waals surface area contributed by atoms with Crippen molar-refractivity contribution in [3.8, 4) is 10.2 Å². The predicted octanol–water partition coefficient (Wildman–Crippen LogP) is 5.07. The maximum atomic E-state index is 3.53. The van der Waals surface area contributed by atoms with E-state index in [1.54, 1.807) is 11.3 Å². The third-order valence-electron chi connectivity index (χ3n) is 1.82. The average molecular weight is 271 g/mol. The van der Waals surface area contributed by atoms with Crippen molar-refractivity contribution < 1.29 is 0 Å². The van der Waals surface area contributed by atoms with Crippen molar-refractivity contribution in [2.45, 2.75) is 6.92 Å². The maximum Gasteiger partial charge on any atom is 0.0454 e. The fourth-order valence-corrected chi connectivity index (χ4v) is 3.66. The normalized spacial score (nSPS) is 10.9. The molecule has 0 aliphatic heterocycles. The Hall–Kier alpha value is -0.170. The summed E-state index contributed by atoms with van der Waals surface area (Å²) in [4.78, 5) is 1.38. The van der Waals surface area contributed by atoms with Gasteiger partial charge < -0.3 is 0 Å². The molecule has 3 heteroatoms. The minimum absolute atomic E-state index is 1.24. The summed E-state index contributed by atoms with van der Waals surface area (Å²) in [6.45, 7) is 2.16. The second-order valence-electron chi connectivity index (χ2n) is 2.78. The molecule has 2 heterocycles. The highest BCUT2D eigenvalue weighted by Crippen LogP contribution is 2.38. The molecule has 0 N–H and O–H groups in total. The van der Waals surface area contributed by atoms with Gasteiger partial charge in [0.05, 0.1) is 0 Å². The third kappa shape index (κ3) is 2.01. The molecular weight excluding hydrogens is 263 g/mol.